The molecule has 0 bridgehead atoms. The fourth-order valence-electron chi connectivity index (χ4n) is 2.34. The van der Waals surface area contributed by atoms with E-state index < -0.39 is 0 Å². The smallest absolute Gasteiger partial charge is 0.237 e. The summed E-state index contributed by atoms with van der Waals surface area (Å²) in [5.74, 6) is 0.583. The van der Waals surface area contributed by atoms with Gasteiger partial charge in [-0.3, -0.25) is 4.79 Å². The molecule has 1 N–H and O–H groups in total. The van der Waals surface area contributed by atoms with Crippen LogP contribution in [-0.2, 0) is 11.8 Å². The van der Waals surface area contributed by atoms with Gasteiger partial charge in [-0.1, -0.05) is 65.3 Å². The van der Waals surface area contributed by atoms with Crippen molar-refractivity contribution >= 4 is 46.6 Å². The van der Waals surface area contributed by atoms with Gasteiger partial charge in [0.15, 0.2) is 11.0 Å². The van der Waals surface area contributed by atoms with Crippen LogP contribution in [0.2, 0.25) is 10.0 Å². The van der Waals surface area contributed by atoms with Crippen molar-refractivity contribution in [2.45, 2.75) is 17.3 Å². The monoisotopic (exact) mass is 406 g/mol. The van der Waals surface area contributed by atoms with Crippen LogP contribution in [0.25, 0.3) is 11.4 Å². The normalized spacial score (nSPS) is 12.0. The van der Waals surface area contributed by atoms with Crippen molar-refractivity contribution in [2.24, 2.45) is 7.05 Å². The molecule has 1 unspecified atom stereocenters. The average Bonchev–Trinajstić information content (AvgIpc) is 2.95. The summed E-state index contributed by atoms with van der Waals surface area (Å²) in [4.78, 5) is 12.5. The number of thioether (sulfide) groups is 1. The molecule has 0 saturated heterocycles. The molecule has 0 aliphatic carbocycles. The maximum atomic E-state index is 12.5. The summed E-state index contributed by atoms with van der Waals surface area (Å²) in [7, 11) is 1.88. The first kappa shape index (κ1) is 18.8. The minimum Gasteiger partial charge on any atom is -0.325 e. The van der Waals surface area contributed by atoms with Crippen LogP contribution in [0.5, 0.6) is 0 Å². The minimum absolute atomic E-state index is 0.169. The molecule has 8 heteroatoms. The number of rotatable bonds is 5. The maximum Gasteiger partial charge on any atom is 0.237 e. The lowest BCUT2D eigenvalue weighted by molar-refractivity contribution is -0.115. The van der Waals surface area contributed by atoms with E-state index in [1.54, 1.807) is 18.2 Å². The quantitative estimate of drug-likeness (QED) is 0.611. The highest BCUT2D eigenvalue weighted by Gasteiger charge is 2.19. The van der Waals surface area contributed by atoms with Crippen LogP contribution in [-0.4, -0.2) is 25.9 Å². The lowest BCUT2D eigenvalue weighted by atomic mass is 10.2. The molecule has 2 aromatic carbocycles. The van der Waals surface area contributed by atoms with Crippen LogP contribution >= 0.6 is 35.0 Å². The Labute approximate surface area is 165 Å². The number of anilines is 1. The summed E-state index contributed by atoms with van der Waals surface area (Å²) in [6, 6.07) is 14.7. The molecule has 0 fully saturated rings. The van der Waals surface area contributed by atoms with Crippen LogP contribution in [0.4, 0.5) is 5.69 Å². The Morgan fingerprint density at radius 1 is 1.12 bits per heavy atom. The van der Waals surface area contributed by atoms with E-state index in [9.17, 15) is 4.79 Å². The van der Waals surface area contributed by atoms with Crippen molar-refractivity contribution in [3.8, 4) is 11.4 Å². The Kier molecular flexibility index (Phi) is 5.86. The second-order valence-corrected chi connectivity index (χ2v) is 7.82. The molecular weight excluding hydrogens is 391 g/mol. The summed E-state index contributed by atoms with van der Waals surface area (Å²) in [6.07, 6.45) is 0. The van der Waals surface area contributed by atoms with Gasteiger partial charge in [0.05, 0.1) is 5.25 Å². The summed E-state index contributed by atoms with van der Waals surface area (Å²) in [5, 5.41) is 12.5. The summed E-state index contributed by atoms with van der Waals surface area (Å²) in [6.45, 7) is 1.81. The Bertz CT molecular complexity index is 910. The zero-order valence-electron chi connectivity index (χ0n) is 14.1. The zero-order valence-corrected chi connectivity index (χ0v) is 16.4. The van der Waals surface area contributed by atoms with E-state index in [1.165, 1.54) is 11.8 Å². The van der Waals surface area contributed by atoms with E-state index in [1.807, 2.05) is 48.9 Å². The van der Waals surface area contributed by atoms with Gasteiger partial charge in [0.25, 0.3) is 0 Å². The van der Waals surface area contributed by atoms with Gasteiger partial charge in [-0.05, 0) is 25.1 Å². The van der Waals surface area contributed by atoms with E-state index >= 15 is 0 Å². The second-order valence-electron chi connectivity index (χ2n) is 5.64. The first-order chi connectivity index (χ1) is 12.4. The van der Waals surface area contributed by atoms with Gasteiger partial charge in [0.2, 0.25) is 5.91 Å². The SMILES string of the molecule is CC(Sc1nnc(-c2ccccc2)n1C)C(=O)Nc1cc(Cl)cc(Cl)c1. The third-order valence-corrected chi connectivity index (χ3v) is 5.22. The molecule has 3 rings (SSSR count). The van der Waals surface area contributed by atoms with E-state index in [2.05, 4.69) is 15.5 Å². The molecule has 1 atom stereocenters. The molecule has 0 radical (unpaired) electrons. The molecule has 134 valence electrons. The average molecular weight is 407 g/mol. The van der Waals surface area contributed by atoms with Crippen LogP contribution in [0.15, 0.2) is 53.7 Å². The number of halogens is 2. The highest BCUT2D eigenvalue weighted by atomic mass is 35.5. The Hall–Kier alpha value is -2.02. The number of carbonyl (C=O) groups is 1. The number of nitrogens with one attached hydrogen (secondary N) is 1. The maximum absolute atomic E-state index is 12.5. The van der Waals surface area contributed by atoms with Gasteiger partial charge in [0.1, 0.15) is 0 Å². The van der Waals surface area contributed by atoms with Crippen molar-refractivity contribution in [3.63, 3.8) is 0 Å². The number of benzene rings is 2. The molecule has 0 saturated carbocycles. The highest BCUT2D eigenvalue weighted by Crippen LogP contribution is 2.27. The van der Waals surface area contributed by atoms with Crippen molar-refractivity contribution in [1.29, 1.82) is 0 Å². The number of aromatic nitrogens is 3. The molecule has 26 heavy (non-hydrogen) atoms. The minimum atomic E-state index is -0.376. The van der Waals surface area contributed by atoms with Crippen molar-refractivity contribution < 1.29 is 4.79 Å². The van der Waals surface area contributed by atoms with Gasteiger partial charge in [-0.2, -0.15) is 0 Å². The summed E-state index contributed by atoms with van der Waals surface area (Å²) in [5.41, 5.74) is 1.53. The fourth-order valence-corrected chi connectivity index (χ4v) is 3.68. The topological polar surface area (TPSA) is 59.8 Å². The van der Waals surface area contributed by atoms with Crippen molar-refractivity contribution in [2.75, 3.05) is 5.32 Å². The molecule has 1 aromatic heterocycles. The lowest BCUT2D eigenvalue weighted by Gasteiger charge is -2.12. The zero-order chi connectivity index (χ0) is 18.7. The Morgan fingerprint density at radius 2 is 1.77 bits per heavy atom. The van der Waals surface area contributed by atoms with Gasteiger partial charge >= 0.3 is 0 Å². The van der Waals surface area contributed by atoms with Gasteiger partial charge in [-0.25, -0.2) is 0 Å². The first-order valence-electron chi connectivity index (χ1n) is 7.82. The van der Waals surface area contributed by atoms with Crippen molar-refractivity contribution in [3.05, 3.63) is 58.6 Å². The van der Waals surface area contributed by atoms with Gasteiger partial charge in [-0.15, -0.1) is 10.2 Å². The third-order valence-electron chi connectivity index (χ3n) is 3.65. The predicted octanol–water partition coefficient (Wildman–Crippen LogP) is 4.91. The number of hydrogen-bond acceptors (Lipinski definition) is 4. The van der Waals surface area contributed by atoms with Gasteiger partial charge < -0.3 is 9.88 Å². The van der Waals surface area contributed by atoms with E-state index in [4.69, 9.17) is 23.2 Å². The van der Waals surface area contributed by atoms with Crippen LogP contribution in [0, 0.1) is 0 Å². The fraction of sp³-hybridized carbons (Fsp3) is 0.167. The highest BCUT2D eigenvalue weighted by molar-refractivity contribution is 8.00. The summed E-state index contributed by atoms with van der Waals surface area (Å²) < 4.78 is 1.88. The molecule has 5 nitrogen and oxygen atoms in total. The number of nitrogens with zero attached hydrogens (tertiary/aromatic N) is 3. The Morgan fingerprint density at radius 3 is 2.42 bits per heavy atom. The molecular formula is C18H16Cl2N4OS. The molecule has 3 aromatic rings. The predicted molar refractivity (Wildman–Crippen MR) is 107 cm³/mol. The molecule has 0 aliphatic heterocycles. The molecule has 1 heterocycles. The van der Waals surface area contributed by atoms with E-state index in [-0.39, 0.29) is 11.2 Å². The first-order valence-corrected chi connectivity index (χ1v) is 9.46. The number of carbonyl (C=O) groups excluding carboxylic acids is 1. The molecule has 0 spiro atoms. The number of hydrogen-bond donors (Lipinski definition) is 1. The largest absolute Gasteiger partial charge is 0.325 e. The molecule has 0 aliphatic rings. The molecule has 1 amide bonds. The van der Waals surface area contributed by atoms with E-state index in [0.717, 1.165) is 11.4 Å². The van der Waals surface area contributed by atoms with Crippen LogP contribution < -0.4 is 5.32 Å². The third kappa shape index (κ3) is 4.38. The van der Waals surface area contributed by atoms with Gasteiger partial charge in [0, 0.05) is 28.3 Å². The number of amides is 1. The van der Waals surface area contributed by atoms with Crippen molar-refractivity contribution in [1.82, 2.24) is 14.8 Å². The Balaban J connectivity index is 1.71. The summed E-state index contributed by atoms with van der Waals surface area (Å²) >= 11 is 13.3. The van der Waals surface area contributed by atoms with Crippen LogP contribution in [0.3, 0.4) is 0 Å². The second kappa shape index (κ2) is 8.12. The lowest BCUT2D eigenvalue weighted by Crippen LogP contribution is -2.22. The standard InChI is InChI=1S/C18H16Cl2N4OS/c1-11(17(25)21-15-9-13(19)8-14(20)10-15)26-18-23-22-16(24(18)2)12-6-4-3-5-7-12/h3-11H,1-2H3,(H,21,25). The van der Waals surface area contributed by atoms with Crippen LogP contribution in [0.1, 0.15) is 6.92 Å². The van der Waals surface area contributed by atoms with E-state index in [0.29, 0.717) is 20.9 Å².